The Kier molecular flexibility index (Phi) is 5.33. The van der Waals surface area contributed by atoms with Crippen LogP contribution in [0.25, 0.3) is 28.2 Å². The van der Waals surface area contributed by atoms with Crippen LogP contribution in [0.1, 0.15) is 29.9 Å². The first-order valence-electron chi connectivity index (χ1n) is 9.33. The van der Waals surface area contributed by atoms with E-state index in [1.54, 1.807) is 18.5 Å². The second kappa shape index (κ2) is 7.84. The molecular formula is C19H17F3N6O2S. The predicted octanol–water partition coefficient (Wildman–Crippen LogP) is 3.99. The molecule has 4 aromatic heterocycles. The van der Waals surface area contributed by atoms with Crippen molar-refractivity contribution in [3.05, 3.63) is 35.8 Å². The minimum absolute atomic E-state index is 0.0978. The number of aryl methyl sites for hydroxylation is 1. The summed E-state index contributed by atoms with van der Waals surface area (Å²) in [6.07, 6.45) is -2.29. The first-order valence-corrected chi connectivity index (χ1v) is 10.3. The number of alkyl halides is 3. The van der Waals surface area contributed by atoms with Gasteiger partial charge in [0.25, 0.3) is 0 Å². The van der Waals surface area contributed by atoms with Crippen LogP contribution in [-0.4, -0.2) is 47.5 Å². The summed E-state index contributed by atoms with van der Waals surface area (Å²) in [4.78, 5) is 25.1. The zero-order chi connectivity index (χ0) is 22.3. The number of hydrogen-bond donors (Lipinski definition) is 0. The molecule has 31 heavy (non-hydrogen) atoms. The molecule has 4 aromatic rings. The molecule has 162 valence electrons. The summed E-state index contributed by atoms with van der Waals surface area (Å²) in [6.45, 7) is 3.83. The van der Waals surface area contributed by atoms with Gasteiger partial charge < -0.3 is 9.30 Å². The maximum Gasteiger partial charge on any atom is 0.417 e. The third-order valence-corrected chi connectivity index (χ3v) is 5.36. The standard InChI is InChI=1S/C19H17F3N6O2S/c1-4-30-18(29)12-6-7-23-15-13(17(31-5-2)26-28(12)15)16-25-11-8-10(19(20,21)22)9-24-14(11)27(16)3/h6-9H,4-5H2,1-3H3. The maximum absolute atomic E-state index is 13.1. The fourth-order valence-corrected chi connectivity index (χ4v) is 3.91. The molecule has 8 nitrogen and oxygen atoms in total. The number of nitrogens with zero attached hydrogens (tertiary/aromatic N) is 6. The fraction of sp³-hybridized carbons (Fsp3) is 0.316. The molecule has 0 unspecified atom stereocenters. The van der Waals surface area contributed by atoms with Crippen molar-refractivity contribution in [1.82, 2.24) is 29.1 Å². The molecule has 0 saturated carbocycles. The Balaban J connectivity index is 1.97. The largest absolute Gasteiger partial charge is 0.461 e. The van der Waals surface area contributed by atoms with E-state index in [2.05, 4.69) is 20.1 Å². The summed E-state index contributed by atoms with van der Waals surface area (Å²) < 4.78 is 47.4. The number of hydrogen-bond acceptors (Lipinski definition) is 7. The molecular weight excluding hydrogens is 433 g/mol. The Labute approximate surface area is 178 Å². The molecule has 0 aromatic carbocycles. The Morgan fingerprint density at radius 1 is 1.23 bits per heavy atom. The molecule has 0 fully saturated rings. The van der Waals surface area contributed by atoms with E-state index in [-0.39, 0.29) is 23.5 Å². The topological polar surface area (TPSA) is 87.2 Å². The van der Waals surface area contributed by atoms with Gasteiger partial charge in [0, 0.05) is 19.4 Å². The van der Waals surface area contributed by atoms with E-state index in [4.69, 9.17) is 4.74 Å². The van der Waals surface area contributed by atoms with Crippen molar-refractivity contribution >= 4 is 34.5 Å². The second-order valence-corrected chi connectivity index (χ2v) is 7.71. The van der Waals surface area contributed by atoms with E-state index in [1.165, 1.54) is 28.5 Å². The predicted molar refractivity (Wildman–Crippen MR) is 108 cm³/mol. The van der Waals surface area contributed by atoms with Gasteiger partial charge in [0.15, 0.2) is 17.0 Å². The van der Waals surface area contributed by atoms with Gasteiger partial charge in [-0.05, 0) is 24.8 Å². The van der Waals surface area contributed by atoms with Gasteiger partial charge in [0.2, 0.25) is 0 Å². The van der Waals surface area contributed by atoms with Gasteiger partial charge in [0.05, 0.1) is 17.7 Å². The van der Waals surface area contributed by atoms with Crippen molar-refractivity contribution in [1.29, 1.82) is 0 Å². The van der Waals surface area contributed by atoms with Crippen molar-refractivity contribution < 1.29 is 22.7 Å². The minimum Gasteiger partial charge on any atom is -0.461 e. The second-order valence-electron chi connectivity index (χ2n) is 6.46. The number of fused-ring (bicyclic) bond motifs is 2. The highest BCUT2D eigenvalue weighted by atomic mass is 32.2. The van der Waals surface area contributed by atoms with E-state index >= 15 is 0 Å². The Bertz CT molecular complexity index is 1300. The summed E-state index contributed by atoms with van der Waals surface area (Å²) in [5, 5.41) is 5.06. The number of pyridine rings is 1. The average molecular weight is 450 g/mol. The number of rotatable bonds is 5. The smallest absolute Gasteiger partial charge is 0.417 e. The van der Waals surface area contributed by atoms with Crippen LogP contribution in [0.15, 0.2) is 29.6 Å². The lowest BCUT2D eigenvalue weighted by Gasteiger charge is -2.05. The van der Waals surface area contributed by atoms with Gasteiger partial charge >= 0.3 is 12.1 Å². The van der Waals surface area contributed by atoms with Gasteiger partial charge in [0.1, 0.15) is 16.4 Å². The summed E-state index contributed by atoms with van der Waals surface area (Å²) >= 11 is 1.40. The number of ether oxygens (including phenoxy) is 1. The number of imidazole rings is 1. The van der Waals surface area contributed by atoms with Gasteiger partial charge in [-0.2, -0.15) is 18.3 Å². The molecule has 0 aliphatic carbocycles. The first-order chi connectivity index (χ1) is 14.8. The maximum atomic E-state index is 13.1. The van der Waals surface area contributed by atoms with Crippen LogP contribution in [0.2, 0.25) is 0 Å². The third-order valence-electron chi connectivity index (χ3n) is 4.51. The van der Waals surface area contributed by atoms with Crippen LogP contribution in [0.5, 0.6) is 0 Å². The van der Waals surface area contributed by atoms with Crippen molar-refractivity contribution in [2.24, 2.45) is 7.05 Å². The molecule has 0 saturated heterocycles. The first kappa shape index (κ1) is 21.1. The van der Waals surface area contributed by atoms with Crippen molar-refractivity contribution in [2.45, 2.75) is 25.0 Å². The van der Waals surface area contributed by atoms with Crippen molar-refractivity contribution in [3.8, 4) is 11.4 Å². The molecule has 0 atom stereocenters. The summed E-state index contributed by atoms with van der Waals surface area (Å²) in [6, 6.07) is 2.45. The van der Waals surface area contributed by atoms with E-state index < -0.39 is 17.7 Å². The lowest BCUT2D eigenvalue weighted by atomic mass is 10.2. The molecule has 0 N–H and O–H groups in total. The Morgan fingerprint density at radius 2 is 2.00 bits per heavy atom. The highest BCUT2D eigenvalue weighted by molar-refractivity contribution is 7.99. The fourth-order valence-electron chi connectivity index (χ4n) is 3.17. The number of esters is 1. The number of aromatic nitrogens is 6. The van der Waals surface area contributed by atoms with Crippen molar-refractivity contribution in [3.63, 3.8) is 0 Å². The third kappa shape index (κ3) is 3.60. The minimum atomic E-state index is -4.53. The number of carbonyl (C=O) groups is 1. The molecule has 0 radical (unpaired) electrons. The van der Waals surface area contributed by atoms with E-state index in [0.717, 1.165) is 12.3 Å². The van der Waals surface area contributed by atoms with Gasteiger partial charge in [-0.25, -0.2) is 24.3 Å². The van der Waals surface area contributed by atoms with Gasteiger partial charge in [-0.15, -0.1) is 11.8 Å². The van der Waals surface area contributed by atoms with Crippen LogP contribution < -0.4 is 0 Å². The molecule has 4 rings (SSSR count). The number of thioether (sulfide) groups is 1. The lowest BCUT2D eigenvalue weighted by Crippen LogP contribution is -2.11. The molecule has 0 amide bonds. The average Bonchev–Trinajstić information content (AvgIpc) is 3.24. The SMILES string of the molecule is CCOC(=O)c1ccnc2c(-c3nc4cc(C(F)(F)F)cnc4n3C)c(SCC)nn12. The molecule has 0 aliphatic heterocycles. The van der Waals surface area contributed by atoms with E-state index in [9.17, 15) is 18.0 Å². The molecule has 0 spiro atoms. The zero-order valence-electron chi connectivity index (χ0n) is 16.8. The molecule has 12 heteroatoms. The zero-order valence-corrected chi connectivity index (χ0v) is 17.6. The number of halogens is 3. The summed E-state index contributed by atoms with van der Waals surface area (Å²) in [7, 11) is 1.66. The van der Waals surface area contributed by atoms with E-state index in [1.807, 2.05) is 6.92 Å². The molecule has 4 heterocycles. The summed E-state index contributed by atoms with van der Waals surface area (Å²) in [5.74, 6) is 0.464. The normalized spacial score (nSPS) is 12.1. The van der Waals surface area contributed by atoms with Gasteiger partial charge in [-0.1, -0.05) is 6.92 Å². The quantitative estimate of drug-likeness (QED) is 0.336. The molecule has 0 aliphatic rings. The highest BCUT2D eigenvalue weighted by Crippen LogP contribution is 2.36. The Morgan fingerprint density at radius 3 is 2.68 bits per heavy atom. The van der Waals surface area contributed by atoms with Crippen LogP contribution in [0.3, 0.4) is 0 Å². The highest BCUT2D eigenvalue weighted by Gasteiger charge is 2.32. The summed E-state index contributed by atoms with van der Waals surface area (Å²) in [5.41, 5.74) is 0.544. The van der Waals surface area contributed by atoms with Crippen LogP contribution in [-0.2, 0) is 18.0 Å². The van der Waals surface area contributed by atoms with Crippen LogP contribution in [0, 0.1) is 0 Å². The molecule has 0 bridgehead atoms. The van der Waals surface area contributed by atoms with Crippen LogP contribution in [0.4, 0.5) is 13.2 Å². The van der Waals surface area contributed by atoms with Crippen molar-refractivity contribution in [2.75, 3.05) is 12.4 Å². The number of carbonyl (C=O) groups excluding carboxylic acids is 1. The lowest BCUT2D eigenvalue weighted by molar-refractivity contribution is -0.137. The van der Waals surface area contributed by atoms with E-state index in [0.29, 0.717) is 27.8 Å². The Hall–Kier alpha value is -3.15. The van der Waals surface area contributed by atoms with Gasteiger partial charge in [-0.3, -0.25) is 0 Å². The monoisotopic (exact) mass is 450 g/mol. The van der Waals surface area contributed by atoms with Crippen LogP contribution >= 0.6 is 11.8 Å².